The predicted molar refractivity (Wildman–Crippen MR) is 58.1 cm³/mol. The summed E-state index contributed by atoms with van der Waals surface area (Å²) in [6, 6.07) is 0. The summed E-state index contributed by atoms with van der Waals surface area (Å²) in [5, 5.41) is 37.4. The lowest BCUT2D eigenvalue weighted by molar-refractivity contribution is -0.299. The molecule has 1 aliphatic rings. The minimum Gasteiger partial charge on any atom is -0.394 e. The zero-order valence-electron chi connectivity index (χ0n) is 9.02. The Morgan fingerprint density at radius 1 is 1.19 bits per heavy atom. The summed E-state index contributed by atoms with van der Waals surface area (Å²) in [4.78, 5) is 0. The summed E-state index contributed by atoms with van der Waals surface area (Å²) < 4.78 is 10.3. The maximum atomic E-state index is 9.57. The van der Waals surface area contributed by atoms with Gasteiger partial charge < -0.3 is 29.9 Å². The Hall–Kier alpha value is 0.110. The highest BCUT2D eigenvalue weighted by Gasteiger charge is 2.43. The van der Waals surface area contributed by atoms with Crippen molar-refractivity contribution in [1.29, 1.82) is 0 Å². The lowest BCUT2D eigenvalue weighted by atomic mass is 9.99. The molecule has 96 valence electrons. The highest BCUT2D eigenvalue weighted by atomic mass is 32.2. The van der Waals surface area contributed by atoms with Crippen molar-refractivity contribution in [1.82, 2.24) is 0 Å². The maximum absolute atomic E-state index is 9.57. The molecule has 0 aromatic rings. The van der Waals surface area contributed by atoms with E-state index in [2.05, 4.69) is 0 Å². The van der Waals surface area contributed by atoms with E-state index in [1.165, 1.54) is 0 Å². The minimum atomic E-state index is -1.37. The molecule has 0 aromatic heterocycles. The van der Waals surface area contributed by atoms with Crippen LogP contribution in [0.25, 0.3) is 0 Å². The molecular weight excluding hydrogens is 236 g/mol. The molecule has 0 radical (unpaired) electrons. The van der Waals surface area contributed by atoms with Crippen LogP contribution in [0.5, 0.6) is 0 Å². The largest absolute Gasteiger partial charge is 0.394 e. The van der Waals surface area contributed by atoms with Crippen LogP contribution < -0.4 is 0 Å². The van der Waals surface area contributed by atoms with Gasteiger partial charge in [-0.2, -0.15) is 11.8 Å². The summed E-state index contributed by atoms with van der Waals surface area (Å²) >= 11 is 1.58. The van der Waals surface area contributed by atoms with Crippen molar-refractivity contribution in [3.63, 3.8) is 0 Å². The van der Waals surface area contributed by atoms with Crippen molar-refractivity contribution in [2.24, 2.45) is 0 Å². The van der Waals surface area contributed by atoms with E-state index in [4.69, 9.17) is 14.6 Å². The van der Waals surface area contributed by atoms with E-state index in [1.54, 1.807) is 11.8 Å². The van der Waals surface area contributed by atoms with Crippen LogP contribution in [0.3, 0.4) is 0 Å². The fraction of sp³-hybridized carbons (Fsp3) is 1.00. The molecule has 1 rings (SSSR count). The van der Waals surface area contributed by atoms with Crippen LogP contribution in [-0.4, -0.2) is 76.4 Å². The lowest BCUT2D eigenvalue weighted by Gasteiger charge is -2.39. The molecule has 6 nitrogen and oxygen atoms in total. The Morgan fingerprint density at radius 3 is 2.44 bits per heavy atom. The first-order valence-electron chi connectivity index (χ1n) is 5.03. The van der Waals surface area contributed by atoms with Crippen molar-refractivity contribution >= 4 is 11.8 Å². The number of hydrogen-bond acceptors (Lipinski definition) is 7. The van der Waals surface area contributed by atoms with E-state index < -0.39 is 37.3 Å². The van der Waals surface area contributed by atoms with Gasteiger partial charge in [-0.25, -0.2) is 0 Å². The summed E-state index contributed by atoms with van der Waals surface area (Å²) in [5.74, 6) is 0.731. The molecule has 16 heavy (non-hydrogen) atoms. The van der Waals surface area contributed by atoms with E-state index in [-0.39, 0.29) is 0 Å². The highest BCUT2D eigenvalue weighted by molar-refractivity contribution is 7.98. The maximum Gasteiger partial charge on any atom is 0.186 e. The van der Waals surface area contributed by atoms with Crippen molar-refractivity contribution in [3.05, 3.63) is 0 Å². The molecule has 5 atom stereocenters. The van der Waals surface area contributed by atoms with E-state index in [1.807, 2.05) is 6.26 Å². The van der Waals surface area contributed by atoms with E-state index in [0.717, 1.165) is 5.75 Å². The smallest absolute Gasteiger partial charge is 0.186 e. The van der Waals surface area contributed by atoms with Crippen molar-refractivity contribution < 1.29 is 29.9 Å². The molecule has 0 spiro atoms. The highest BCUT2D eigenvalue weighted by Crippen LogP contribution is 2.21. The van der Waals surface area contributed by atoms with Crippen LogP contribution >= 0.6 is 11.8 Å². The standard InChI is InChI=1S/C9H18O6S/c1-16-3-2-14-9-8(13)7(12)6(11)5(4-10)15-9/h5-13H,2-4H2,1H3. The Morgan fingerprint density at radius 2 is 1.88 bits per heavy atom. The molecule has 5 unspecified atom stereocenters. The van der Waals surface area contributed by atoms with Crippen LogP contribution in [0.1, 0.15) is 0 Å². The van der Waals surface area contributed by atoms with Crippen LogP contribution in [0.15, 0.2) is 0 Å². The summed E-state index contributed by atoms with van der Waals surface area (Å²) in [6.45, 7) is -0.0722. The van der Waals surface area contributed by atoms with Gasteiger partial charge in [0.2, 0.25) is 0 Å². The summed E-state index contributed by atoms with van der Waals surface area (Å²) in [6.07, 6.45) is -4.01. The quantitative estimate of drug-likeness (QED) is 0.428. The third kappa shape index (κ3) is 3.30. The van der Waals surface area contributed by atoms with E-state index in [9.17, 15) is 15.3 Å². The second-order valence-electron chi connectivity index (χ2n) is 3.56. The molecule has 4 N–H and O–H groups in total. The van der Waals surface area contributed by atoms with Gasteiger partial charge in [-0.1, -0.05) is 0 Å². The second-order valence-corrected chi connectivity index (χ2v) is 4.55. The van der Waals surface area contributed by atoms with Crippen LogP contribution in [0, 0.1) is 0 Å². The average molecular weight is 254 g/mol. The van der Waals surface area contributed by atoms with E-state index >= 15 is 0 Å². The monoisotopic (exact) mass is 254 g/mol. The average Bonchev–Trinajstić information content (AvgIpc) is 2.29. The molecule has 7 heteroatoms. The molecule has 0 aliphatic carbocycles. The third-order valence-corrected chi connectivity index (χ3v) is 2.99. The van der Waals surface area contributed by atoms with Crippen LogP contribution in [0.4, 0.5) is 0 Å². The Balaban J connectivity index is 2.50. The van der Waals surface area contributed by atoms with Crippen molar-refractivity contribution in [2.75, 3.05) is 25.2 Å². The predicted octanol–water partition coefficient (Wildman–Crippen LogP) is -1.83. The number of rotatable bonds is 5. The number of hydrogen-bond donors (Lipinski definition) is 4. The molecule has 1 aliphatic heterocycles. The van der Waals surface area contributed by atoms with Crippen molar-refractivity contribution in [2.45, 2.75) is 30.7 Å². The first-order chi connectivity index (χ1) is 7.61. The first-order valence-corrected chi connectivity index (χ1v) is 6.42. The molecule has 0 aromatic carbocycles. The second kappa shape index (κ2) is 6.75. The van der Waals surface area contributed by atoms with Gasteiger partial charge in [0, 0.05) is 5.75 Å². The zero-order valence-corrected chi connectivity index (χ0v) is 9.84. The van der Waals surface area contributed by atoms with Gasteiger partial charge in [0.05, 0.1) is 13.2 Å². The van der Waals surface area contributed by atoms with Gasteiger partial charge in [0.1, 0.15) is 24.4 Å². The molecular formula is C9H18O6S. The first kappa shape index (κ1) is 14.2. The van der Waals surface area contributed by atoms with Crippen LogP contribution in [-0.2, 0) is 9.47 Å². The number of aliphatic hydroxyl groups is 4. The Bertz CT molecular complexity index is 202. The van der Waals surface area contributed by atoms with Gasteiger partial charge >= 0.3 is 0 Å². The zero-order chi connectivity index (χ0) is 12.1. The number of thioether (sulfide) groups is 1. The van der Waals surface area contributed by atoms with Gasteiger partial charge in [-0.05, 0) is 6.26 Å². The molecule has 1 fully saturated rings. The number of aliphatic hydroxyl groups excluding tert-OH is 4. The third-order valence-electron chi connectivity index (χ3n) is 2.42. The van der Waals surface area contributed by atoms with Gasteiger partial charge in [-0.15, -0.1) is 0 Å². The number of ether oxygens (including phenoxy) is 2. The van der Waals surface area contributed by atoms with Gasteiger partial charge in [0.15, 0.2) is 6.29 Å². The lowest BCUT2D eigenvalue weighted by Crippen LogP contribution is -2.59. The van der Waals surface area contributed by atoms with E-state index in [0.29, 0.717) is 6.61 Å². The fourth-order valence-corrected chi connectivity index (χ4v) is 1.72. The Labute approximate surface area is 98.2 Å². The molecule has 1 saturated heterocycles. The summed E-state index contributed by atoms with van der Waals surface area (Å²) in [5.41, 5.74) is 0. The van der Waals surface area contributed by atoms with Crippen molar-refractivity contribution in [3.8, 4) is 0 Å². The molecule has 0 amide bonds. The normalized spacial score (nSPS) is 39.9. The minimum absolute atomic E-state index is 0.365. The Kier molecular flexibility index (Phi) is 5.98. The van der Waals surface area contributed by atoms with Gasteiger partial charge in [-0.3, -0.25) is 0 Å². The fourth-order valence-electron chi connectivity index (χ4n) is 1.45. The molecule has 0 bridgehead atoms. The van der Waals surface area contributed by atoms with Gasteiger partial charge in [0.25, 0.3) is 0 Å². The molecule has 0 saturated carbocycles. The summed E-state index contributed by atoms with van der Waals surface area (Å²) in [7, 11) is 0. The van der Waals surface area contributed by atoms with Crippen LogP contribution in [0.2, 0.25) is 0 Å². The molecule has 1 heterocycles. The topological polar surface area (TPSA) is 99.4 Å². The SMILES string of the molecule is CSCCOC1OC(CO)C(O)C(O)C1O.